The van der Waals surface area contributed by atoms with Crippen LogP contribution in [0.2, 0.25) is 0 Å². The van der Waals surface area contributed by atoms with Crippen molar-refractivity contribution in [1.82, 2.24) is 10.3 Å². The van der Waals surface area contributed by atoms with Gasteiger partial charge in [0.2, 0.25) is 0 Å². The van der Waals surface area contributed by atoms with E-state index in [9.17, 15) is 0 Å². The van der Waals surface area contributed by atoms with E-state index in [1.165, 1.54) is 4.88 Å². The Balaban J connectivity index is 2.03. The van der Waals surface area contributed by atoms with E-state index < -0.39 is 0 Å². The molecule has 4 nitrogen and oxygen atoms in total. The molecule has 16 heavy (non-hydrogen) atoms. The van der Waals surface area contributed by atoms with E-state index in [0.717, 1.165) is 37.1 Å². The van der Waals surface area contributed by atoms with Gasteiger partial charge in [0.15, 0.2) is 5.13 Å². The summed E-state index contributed by atoms with van der Waals surface area (Å²) in [6.07, 6.45) is 0.281. The number of anilines is 1. The number of nitrogens with zero attached hydrogens (tertiary/aromatic N) is 2. The molecular formula is C11H19N3OS. The fourth-order valence-corrected chi connectivity index (χ4v) is 2.78. The molecule has 0 aliphatic carbocycles. The van der Waals surface area contributed by atoms with Crippen LogP contribution in [-0.2, 0) is 4.74 Å². The topological polar surface area (TPSA) is 37.4 Å². The van der Waals surface area contributed by atoms with Crippen molar-refractivity contribution in [3.05, 3.63) is 10.6 Å². The smallest absolute Gasteiger partial charge is 0.185 e. The molecule has 1 aliphatic rings. The standard InChI is InChI=1S/C11H19N3OS/c1-8-9(2)16-11(13-8)14-4-5-15-10(7-14)6-12-3/h10,12H,4-7H2,1-3H3. The first-order chi connectivity index (χ1) is 7.70. The fourth-order valence-electron chi connectivity index (χ4n) is 1.84. The molecule has 2 heterocycles. The molecule has 5 heteroatoms. The fraction of sp³-hybridized carbons (Fsp3) is 0.727. The summed E-state index contributed by atoms with van der Waals surface area (Å²) in [7, 11) is 1.96. The number of hydrogen-bond donors (Lipinski definition) is 1. The first kappa shape index (κ1) is 11.8. The molecule has 90 valence electrons. The summed E-state index contributed by atoms with van der Waals surface area (Å²) in [5.74, 6) is 0. The van der Waals surface area contributed by atoms with Crippen LogP contribution in [0.1, 0.15) is 10.6 Å². The molecule has 1 atom stereocenters. The van der Waals surface area contributed by atoms with E-state index in [-0.39, 0.29) is 6.10 Å². The molecule has 0 radical (unpaired) electrons. The van der Waals surface area contributed by atoms with Crippen molar-refractivity contribution in [1.29, 1.82) is 0 Å². The Morgan fingerprint density at radius 3 is 3.00 bits per heavy atom. The first-order valence-corrected chi connectivity index (χ1v) is 6.47. The Morgan fingerprint density at radius 2 is 2.38 bits per heavy atom. The SMILES string of the molecule is CNCC1CN(c2nc(C)c(C)s2)CCO1. The highest BCUT2D eigenvalue weighted by Gasteiger charge is 2.22. The molecule has 1 unspecified atom stereocenters. The summed E-state index contributed by atoms with van der Waals surface area (Å²) < 4.78 is 5.68. The van der Waals surface area contributed by atoms with Crippen molar-refractivity contribution >= 4 is 16.5 Å². The van der Waals surface area contributed by atoms with Gasteiger partial charge in [-0.25, -0.2) is 4.98 Å². The van der Waals surface area contributed by atoms with Crippen LogP contribution in [0.25, 0.3) is 0 Å². The van der Waals surface area contributed by atoms with E-state index in [1.807, 2.05) is 7.05 Å². The lowest BCUT2D eigenvalue weighted by molar-refractivity contribution is 0.0421. The minimum absolute atomic E-state index is 0.281. The van der Waals surface area contributed by atoms with E-state index in [0.29, 0.717) is 0 Å². The zero-order valence-corrected chi connectivity index (χ0v) is 10.9. The minimum atomic E-state index is 0.281. The average molecular weight is 241 g/mol. The largest absolute Gasteiger partial charge is 0.373 e. The van der Waals surface area contributed by atoms with Gasteiger partial charge in [-0.3, -0.25) is 0 Å². The van der Waals surface area contributed by atoms with Crippen molar-refractivity contribution in [3.8, 4) is 0 Å². The van der Waals surface area contributed by atoms with Gasteiger partial charge >= 0.3 is 0 Å². The predicted octanol–water partition coefficient (Wildman–Crippen LogP) is 1.18. The number of ether oxygens (including phenoxy) is 1. The van der Waals surface area contributed by atoms with Gasteiger partial charge in [0.1, 0.15) is 0 Å². The van der Waals surface area contributed by atoms with Crippen molar-refractivity contribution < 1.29 is 4.74 Å². The summed E-state index contributed by atoms with van der Waals surface area (Å²) >= 11 is 1.78. The van der Waals surface area contributed by atoms with Gasteiger partial charge in [-0.2, -0.15) is 0 Å². The molecule has 1 N–H and O–H groups in total. The van der Waals surface area contributed by atoms with Crippen molar-refractivity contribution in [3.63, 3.8) is 0 Å². The molecular weight excluding hydrogens is 222 g/mol. The lowest BCUT2D eigenvalue weighted by Gasteiger charge is -2.32. The zero-order chi connectivity index (χ0) is 11.5. The lowest BCUT2D eigenvalue weighted by Crippen LogP contribution is -2.46. The number of morpholine rings is 1. The second-order valence-corrected chi connectivity index (χ2v) is 5.32. The predicted molar refractivity (Wildman–Crippen MR) is 67.5 cm³/mol. The van der Waals surface area contributed by atoms with Gasteiger partial charge in [-0.15, -0.1) is 11.3 Å². The second-order valence-electron chi connectivity index (χ2n) is 4.13. The van der Waals surface area contributed by atoms with Crippen LogP contribution in [-0.4, -0.2) is 44.4 Å². The number of aryl methyl sites for hydroxylation is 2. The molecule has 0 spiro atoms. The summed E-state index contributed by atoms with van der Waals surface area (Å²) in [6.45, 7) is 7.78. The number of nitrogens with one attached hydrogen (secondary N) is 1. The van der Waals surface area contributed by atoms with E-state index in [1.54, 1.807) is 11.3 Å². The molecule has 1 aromatic heterocycles. The Labute approximate surface area is 101 Å². The highest BCUT2D eigenvalue weighted by molar-refractivity contribution is 7.15. The number of likely N-dealkylation sites (N-methyl/N-ethyl adjacent to an activating group) is 1. The molecule has 2 rings (SSSR count). The van der Waals surface area contributed by atoms with Crippen LogP contribution in [0.4, 0.5) is 5.13 Å². The van der Waals surface area contributed by atoms with Crippen molar-refractivity contribution in [2.75, 3.05) is 38.2 Å². The van der Waals surface area contributed by atoms with Crippen LogP contribution in [0.15, 0.2) is 0 Å². The molecule has 0 saturated carbocycles. The third-order valence-corrected chi connectivity index (χ3v) is 3.99. The monoisotopic (exact) mass is 241 g/mol. The average Bonchev–Trinajstić information content (AvgIpc) is 2.60. The number of aromatic nitrogens is 1. The summed E-state index contributed by atoms with van der Waals surface area (Å²) in [5, 5.41) is 4.30. The molecule has 0 amide bonds. The van der Waals surface area contributed by atoms with Gasteiger partial charge in [0.25, 0.3) is 0 Å². The van der Waals surface area contributed by atoms with Crippen LogP contribution in [0.3, 0.4) is 0 Å². The molecule has 1 fully saturated rings. The number of hydrogen-bond acceptors (Lipinski definition) is 5. The Hall–Kier alpha value is -0.650. The molecule has 1 saturated heterocycles. The molecule has 1 aliphatic heterocycles. The molecule has 0 aromatic carbocycles. The third kappa shape index (κ3) is 2.53. The normalized spacial score (nSPS) is 21.4. The number of thiazole rings is 1. The van der Waals surface area contributed by atoms with Crippen LogP contribution in [0.5, 0.6) is 0 Å². The maximum absolute atomic E-state index is 5.68. The number of rotatable bonds is 3. The summed E-state index contributed by atoms with van der Waals surface area (Å²) in [6, 6.07) is 0. The van der Waals surface area contributed by atoms with Crippen molar-refractivity contribution in [2.45, 2.75) is 20.0 Å². The van der Waals surface area contributed by atoms with E-state index in [4.69, 9.17) is 4.74 Å². The van der Waals surface area contributed by atoms with Gasteiger partial charge < -0.3 is 15.0 Å². The Kier molecular flexibility index (Phi) is 3.78. The lowest BCUT2D eigenvalue weighted by atomic mass is 10.3. The summed E-state index contributed by atoms with van der Waals surface area (Å²) in [4.78, 5) is 8.24. The Bertz CT molecular complexity index is 331. The van der Waals surface area contributed by atoms with Crippen LogP contribution in [0, 0.1) is 13.8 Å². The quantitative estimate of drug-likeness (QED) is 0.862. The van der Waals surface area contributed by atoms with Gasteiger partial charge in [-0.1, -0.05) is 0 Å². The highest BCUT2D eigenvalue weighted by Crippen LogP contribution is 2.26. The third-order valence-electron chi connectivity index (χ3n) is 2.86. The summed E-state index contributed by atoms with van der Waals surface area (Å²) in [5.41, 5.74) is 1.15. The minimum Gasteiger partial charge on any atom is -0.373 e. The molecule has 1 aromatic rings. The molecule has 0 bridgehead atoms. The van der Waals surface area contributed by atoms with E-state index >= 15 is 0 Å². The highest BCUT2D eigenvalue weighted by atomic mass is 32.1. The maximum Gasteiger partial charge on any atom is 0.185 e. The van der Waals surface area contributed by atoms with Gasteiger partial charge in [0, 0.05) is 24.5 Å². The Morgan fingerprint density at radius 1 is 1.56 bits per heavy atom. The van der Waals surface area contributed by atoms with Gasteiger partial charge in [0.05, 0.1) is 18.4 Å². The van der Waals surface area contributed by atoms with E-state index in [2.05, 4.69) is 29.0 Å². The maximum atomic E-state index is 5.68. The second kappa shape index (κ2) is 5.12. The van der Waals surface area contributed by atoms with Gasteiger partial charge in [-0.05, 0) is 20.9 Å². The zero-order valence-electron chi connectivity index (χ0n) is 10.1. The van der Waals surface area contributed by atoms with Crippen LogP contribution >= 0.6 is 11.3 Å². The van der Waals surface area contributed by atoms with Crippen molar-refractivity contribution in [2.24, 2.45) is 0 Å². The van der Waals surface area contributed by atoms with Crippen LogP contribution < -0.4 is 10.2 Å². The first-order valence-electron chi connectivity index (χ1n) is 5.66.